The smallest absolute Gasteiger partial charge is 0.352 e. The van der Waals surface area contributed by atoms with Crippen LogP contribution < -0.4 is 0 Å². The van der Waals surface area contributed by atoms with Gasteiger partial charge in [0.05, 0.1) is 0 Å². The number of carbonyl (C=O) groups is 1. The predicted octanol–water partition coefficient (Wildman–Crippen LogP) is 3.01. The van der Waals surface area contributed by atoms with E-state index in [-0.39, 0.29) is 0 Å². The normalized spacial score (nSPS) is 25.6. The zero-order chi connectivity index (χ0) is 11.5. The van der Waals surface area contributed by atoms with Gasteiger partial charge in [0, 0.05) is 12.7 Å². The number of aromatic nitrogens is 1. The molecule has 2 unspecified atom stereocenters. The molecule has 3 heteroatoms. The Labute approximate surface area is 96.1 Å². The fourth-order valence-corrected chi connectivity index (χ4v) is 2.68. The van der Waals surface area contributed by atoms with Gasteiger partial charge in [-0.1, -0.05) is 26.2 Å². The molecule has 0 aliphatic heterocycles. The molecular formula is C13H19NO2. The molecule has 1 aliphatic rings. The lowest BCUT2D eigenvalue weighted by Crippen LogP contribution is -2.23. The standard InChI is InChI=1S/C13H19NO2/c1-10-5-2-3-6-11(10)9-14-8-4-7-12(14)13(15)16/h4,7-8,10-11H,2-3,5-6,9H2,1H3,(H,15,16). The average molecular weight is 221 g/mol. The molecule has 1 aliphatic carbocycles. The summed E-state index contributed by atoms with van der Waals surface area (Å²) >= 11 is 0. The van der Waals surface area contributed by atoms with E-state index in [1.54, 1.807) is 6.07 Å². The van der Waals surface area contributed by atoms with Gasteiger partial charge in [0.2, 0.25) is 0 Å². The number of nitrogens with zero attached hydrogens (tertiary/aromatic N) is 1. The highest BCUT2D eigenvalue weighted by molar-refractivity contribution is 5.85. The van der Waals surface area contributed by atoms with Crippen molar-refractivity contribution in [2.75, 3.05) is 0 Å². The molecule has 0 aromatic carbocycles. The van der Waals surface area contributed by atoms with Crippen molar-refractivity contribution >= 4 is 5.97 Å². The Morgan fingerprint density at radius 3 is 2.94 bits per heavy atom. The van der Waals surface area contributed by atoms with Gasteiger partial charge < -0.3 is 9.67 Å². The molecule has 16 heavy (non-hydrogen) atoms. The van der Waals surface area contributed by atoms with E-state index in [1.807, 2.05) is 16.8 Å². The van der Waals surface area contributed by atoms with E-state index in [9.17, 15) is 4.79 Å². The molecule has 0 amide bonds. The lowest BCUT2D eigenvalue weighted by atomic mass is 9.80. The van der Waals surface area contributed by atoms with Crippen LogP contribution in [0.1, 0.15) is 43.1 Å². The van der Waals surface area contributed by atoms with E-state index in [0.717, 1.165) is 12.5 Å². The highest BCUT2D eigenvalue weighted by atomic mass is 16.4. The van der Waals surface area contributed by atoms with E-state index < -0.39 is 5.97 Å². The molecule has 1 heterocycles. The molecule has 2 atom stereocenters. The Hall–Kier alpha value is -1.25. The van der Waals surface area contributed by atoms with E-state index in [1.165, 1.54) is 25.7 Å². The minimum atomic E-state index is -0.825. The monoisotopic (exact) mass is 221 g/mol. The zero-order valence-electron chi connectivity index (χ0n) is 9.72. The Morgan fingerprint density at radius 2 is 2.25 bits per heavy atom. The summed E-state index contributed by atoms with van der Waals surface area (Å²) in [6, 6.07) is 3.49. The van der Waals surface area contributed by atoms with Gasteiger partial charge in [-0.15, -0.1) is 0 Å². The minimum absolute atomic E-state index is 0.415. The van der Waals surface area contributed by atoms with Crippen LogP contribution in [0.2, 0.25) is 0 Å². The summed E-state index contributed by atoms with van der Waals surface area (Å²) < 4.78 is 1.88. The summed E-state index contributed by atoms with van der Waals surface area (Å²) in [4.78, 5) is 11.0. The number of carboxylic acids is 1. The van der Waals surface area contributed by atoms with Crippen molar-refractivity contribution in [2.45, 2.75) is 39.2 Å². The third kappa shape index (κ3) is 2.29. The van der Waals surface area contributed by atoms with Crippen LogP contribution in [0.5, 0.6) is 0 Å². The first-order valence-corrected chi connectivity index (χ1v) is 6.07. The molecular weight excluding hydrogens is 202 g/mol. The van der Waals surface area contributed by atoms with Gasteiger partial charge in [0.25, 0.3) is 0 Å². The summed E-state index contributed by atoms with van der Waals surface area (Å²) in [5.41, 5.74) is 0.415. The maximum absolute atomic E-state index is 11.0. The van der Waals surface area contributed by atoms with Crippen molar-refractivity contribution in [2.24, 2.45) is 11.8 Å². The summed E-state index contributed by atoms with van der Waals surface area (Å²) in [5.74, 6) is 0.533. The van der Waals surface area contributed by atoms with Crippen molar-refractivity contribution in [1.29, 1.82) is 0 Å². The quantitative estimate of drug-likeness (QED) is 0.852. The van der Waals surface area contributed by atoms with E-state index in [0.29, 0.717) is 11.6 Å². The summed E-state index contributed by atoms with van der Waals surface area (Å²) in [7, 11) is 0. The van der Waals surface area contributed by atoms with Crippen LogP contribution >= 0.6 is 0 Å². The minimum Gasteiger partial charge on any atom is -0.477 e. The first kappa shape index (κ1) is 11.2. The first-order chi connectivity index (χ1) is 7.68. The van der Waals surface area contributed by atoms with Crippen LogP contribution in [0, 0.1) is 11.8 Å². The van der Waals surface area contributed by atoms with Crippen LogP contribution in [0.4, 0.5) is 0 Å². The second kappa shape index (κ2) is 4.73. The molecule has 1 saturated carbocycles. The van der Waals surface area contributed by atoms with Gasteiger partial charge >= 0.3 is 5.97 Å². The highest BCUT2D eigenvalue weighted by Gasteiger charge is 2.22. The number of aromatic carboxylic acids is 1. The second-order valence-corrected chi connectivity index (χ2v) is 4.87. The summed E-state index contributed by atoms with van der Waals surface area (Å²) in [6.45, 7) is 3.14. The topological polar surface area (TPSA) is 42.2 Å². The molecule has 1 aromatic heterocycles. The third-order valence-corrected chi connectivity index (χ3v) is 3.77. The van der Waals surface area contributed by atoms with Gasteiger partial charge in [0.1, 0.15) is 5.69 Å². The molecule has 1 aromatic rings. The summed E-state index contributed by atoms with van der Waals surface area (Å²) in [6.07, 6.45) is 7.02. The SMILES string of the molecule is CC1CCCCC1Cn1cccc1C(=O)O. The Balaban J connectivity index is 2.07. The number of rotatable bonds is 3. The van der Waals surface area contributed by atoms with Crippen LogP contribution in [0.15, 0.2) is 18.3 Å². The van der Waals surface area contributed by atoms with Gasteiger partial charge in [0.15, 0.2) is 0 Å². The van der Waals surface area contributed by atoms with E-state index >= 15 is 0 Å². The van der Waals surface area contributed by atoms with Crippen molar-refractivity contribution in [3.63, 3.8) is 0 Å². The number of hydrogen-bond acceptors (Lipinski definition) is 1. The lowest BCUT2D eigenvalue weighted by molar-refractivity contribution is 0.0682. The third-order valence-electron chi connectivity index (χ3n) is 3.77. The number of carboxylic acid groups (broad SMARTS) is 1. The predicted molar refractivity (Wildman–Crippen MR) is 62.5 cm³/mol. The maximum atomic E-state index is 11.0. The zero-order valence-corrected chi connectivity index (χ0v) is 9.72. The average Bonchev–Trinajstić information content (AvgIpc) is 2.69. The van der Waals surface area contributed by atoms with Crippen molar-refractivity contribution in [1.82, 2.24) is 4.57 Å². The maximum Gasteiger partial charge on any atom is 0.352 e. The van der Waals surface area contributed by atoms with Crippen LogP contribution in [0.25, 0.3) is 0 Å². The summed E-state index contributed by atoms with van der Waals surface area (Å²) in [5, 5.41) is 9.03. The molecule has 1 N–H and O–H groups in total. The largest absolute Gasteiger partial charge is 0.477 e. The second-order valence-electron chi connectivity index (χ2n) is 4.87. The van der Waals surface area contributed by atoms with E-state index in [4.69, 9.17) is 5.11 Å². The highest BCUT2D eigenvalue weighted by Crippen LogP contribution is 2.31. The fourth-order valence-electron chi connectivity index (χ4n) is 2.68. The van der Waals surface area contributed by atoms with Gasteiger partial charge in [-0.05, 0) is 30.4 Å². The molecule has 88 valence electrons. The van der Waals surface area contributed by atoms with Crippen LogP contribution in [0.3, 0.4) is 0 Å². The Kier molecular flexibility index (Phi) is 3.32. The van der Waals surface area contributed by atoms with Crippen LogP contribution in [-0.4, -0.2) is 15.6 Å². The van der Waals surface area contributed by atoms with Gasteiger partial charge in [-0.25, -0.2) is 4.79 Å². The van der Waals surface area contributed by atoms with Crippen molar-refractivity contribution in [3.05, 3.63) is 24.0 Å². The molecule has 3 nitrogen and oxygen atoms in total. The molecule has 1 fully saturated rings. The Morgan fingerprint density at radius 1 is 1.50 bits per heavy atom. The van der Waals surface area contributed by atoms with Crippen molar-refractivity contribution in [3.8, 4) is 0 Å². The number of hydrogen-bond donors (Lipinski definition) is 1. The molecule has 2 rings (SSSR count). The molecule has 0 bridgehead atoms. The van der Waals surface area contributed by atoms with Gasteiger partial charge in [-0.2, -0.15) is 0 Å². The molecule has 0 saturated heterocycles. The fraction of sp³-hybridized carbons (Fsp3) is 0.615. The first-order valence-electron chi connectivity index (χ1n) is 6.07. The lowest BCUT2D eigenvalue weighted by Gasteiger charge is -2.29. The van der Waals surface area contributed by atoms with E-state index in [2.05, 4.69) is 6.92 Å². The van der Waals surface area contributed by atoms with Gasteiger partial charge in [-0.3, -0.25) is 0 Å². The van der Waals surface area contributed by atoms with Crippen molar-refractivity contribution < 1.29 is 9.90 Å². The molecule has 0 spiro atoms. The molecule has 0 radical (unpaired) electrons. The van der Waals surface area contributed by atoms with Crippen LogP contribution in [-0.2, 0) is 6.54 Å². The Bertz CT molecular complexity index is 370.